The second-order valence-corrected chi connectivity index (χ2v) is 5.68. The van der Waals surface area contributed by atoms with Crippen LogP contribution in [0.25, 0.3) is 0 Å². The van der Waals surface area contributed by atoms with Gasteiger partial charge in [-0.1, -0.05) is 20.3 Å². The Balaban J connectivity index is 2.45. The van der Waals surface area contributed by atoms with Crippen LogP contribution in [0.5, 0.6) is 0 Å². The Labute approximate surface area is 94.0 Å². The molecule has 1 fully saturated rings. The summed E-state index contributed by atoms with van der Waals surface area (Å²) in [7, 11) is 0. The van der Waals surface area contributed by atoms with Crippen LogP contribution in [0.2, 0.25) is 0 Å². The van der Waals surface area contributed by atoms with E-state index in [1.165, 1.54) is 6.42 Å². The third kappa shape index (κ3) is 4.12. The summed E-state index contributed by atoms with van der Waals surface area (Å²) >= 11 is 0. The van der Waals surface area contributed by atoms with Crippen LogP contribution in [0.4, 0.5) is 0 Å². The number of ether oxygens (including phenoxy) is 1. The molecule has 0 aromatic heterocycles. The van der Waals surface area contributed by atoms with E-state index in [0.29, 0.717) is 18.4 Å². The summed E-state index contributed by atoms with van der Waals surface area (Å²) in [5.41, 5.74) is -0.558. The van der Waals surface area contributed by atoms with Gasteiger partial charge in [0.05, 0.1) is 18.3 Å². The highest BCUT2D eigenvalue weighted by Gasteiger charge is 2.35. The van der Waals surface area contributed by atoms with Crippen molar-refractivity contribution in [3.63, 3.8) is 0 Å². The normalized spacial score (nSPS) is 32.6. The lowest BCUT2D eigenvalue weighted by molar-refractivity contribution is -0.0980. The Kier molecular flexibility index (Phi) is 4.60. The number of aliphatic hydroxyl groups is 1. The molecule has 2 atom stereocenters. The van der Waals surface area contributed by atoms with E-state index in [9.17, 15) is 5.11 Å². The van der Waals surface area contributed by atoms with Gasteiger partial charge in [0.1, 0.15) is 0 Å². The minimum absolute atomic E-state index is 0.216. The van der Waals surface area contributed by atoms with Crippen LogP contribution in [0.15, 0.2) is 0 Å². The first kappa shape index (κ1) is 13.0. The predicted molar refractivity (Wildman–Crippen MR) is 62.8 cm³/mol. The molecule has 1 aliphatic rings. The zero-order chi connectivity index (χ0) is 11.5. The fourth-order valence-electron chi connectivity index (χ4n) is 2.41. The van der Waals surface area contributed by atoms with Crippen molar-refractivity contribution < 1.29 is 9.84 Å². The van der Waals surface area contributed by atoms with E-state index in [1.807, 2.05) is 13.8 Å². The van der Waals surface area contributed by atoms with Gasteiger partial charge in [-0.2, -0.15) is 0 Å². The van der Waals surface area contributed by atoms with Gasteiger partial charge in [0.25, 0.3) is 0 Å². The first-order valence-corrected chi connectivity index (χ1v) is 6.27. The second kappa shape index (κ2) is 5.31. The molecule has 1 N–H and O–H groups in total. The van der Waals surface area contributed by atoms with Gasteiger partial charge in [-0.15, -0.1) is 0 Å². The summed E-state index contributed by atoms with van der Waals surface area (Å²) in [5, 5.41) is 10.4. The van der Waals surface area contributed by atoms with Gasteiger partial charge < -0.3 is 9.84 Å². The molecule has 1 saturated carbocycles. The highest BCUT2D eigenvalue weighted by atomic mass is 16.5. The van der Waals surface area contributed by atoms with Crippen LogP contribution in [-0.4, -0.2) is 23.4 Å². The van der Waals surface area contributed by atoms with Crippen molar-refractivity contribution in [3.05, 3.63) is 0 Å². The molecule has 0 radical (unpaired) electrons. The van der Waals surface area contributed by atoms with Crippen LogP contribution >= 0.6 is 0 Å². The smallest absolute Gasteiger partial charge is 0.0883 e. The lowest BCUT2D eigenvalue weighted by Gasteiger charge is -2.38. The lowest BCUT2D eigenvalue weighted by Crippen LogP contribution is -2.41. The summed E-state index contributed by atoms with van der Waals surface area (Å²) in [6.07, 6.45) is 4.44. The van der Waals surface area contributed by atoms with Gasteiger partial charge in [-0.3, -0.25) is 0 Å². The van der Waals surface area contributed by atoms with Gasteiger partial charge in [0.2, 0.25) is 0 Å². The van der Waals surface area contributed by atoms with Crippen LogP contribution in [0, 0.1) is 11.8 Å². The first-order valence-electron chi connectivity index (χ1n) is 6.27. The Hall–Kier alpha value is -0.0800. The van der Waals surface area contributed by atoms with Gasteiger partial charge in [0, 0.05) is 0 Å². The molecule has 2 unspecified atom stereocenters. The minimum Gasteiger partial charge on any atom is -0.387 e. The molecule has 0 aromatic carbocycles. The Morgan fingerprint density at radius 3 is 2.53 bits per heavy atom. The van der Waals surface area contributed by atoms with Crippen molar-refractivity contribution in [3.8, 4) is 0 Å². The Morgan fingerprint density at radius 1 is 1.33 bits per heavy atom. The molecule has 90 valence electrons. The van der Waals surface area contributed by atoms with Crippen molar-refractivity contribution in [2.24, 2.45) is 11.8 Å². The van der Waals surface area contributed by atoms with Crippen molar-refractivity contribution in [1.29, 1.82) is 0 Å². The fourth-order valence-corrected chi connectivity index (χ4v) is 2.41. The third-order valence-electron chi connectivity index (χ3n) is 3.49. The van der Waals surface area contributed by atoms with E-state index in [2.05, 4.69) is 13.8 Å². The van der Waals surface area contributed by atoms with Crippen LogP contribution in [0.1, 0.15) is 53.4 Å². The summed E-state index contributed by atoms with van der Waals surface area (Å²) in [4.78, 5) is 0. The maximum Gasteiger partial charge on any atom is 0.0883 e. The van der Waals surface area contributed by atoms with Crippen molar-refractivity contribution in [2.75, 3.05) is 6.61 Å². The average Bonchev–Trinajstić information content (AvgIpc) is 2.15. The number of hydrogen-bond donors (Lipinski definition) is 1. The molecule has 1 aliphatic carbocycles. The van der Waals surface area contributed by atoms with Crippen LogP contribution < -0.4 is 0 Å². The fraction of sp³-hybridized carbons (Fsp3) is 1.00. The molecule has 2 heteroatoms. The van der Waals surface area contributed by atoms with Crippen molar-refractivity contribution in [1.82, 2.24) is 0 Å². The van der Waals surface area contributed by atoms with Crippen LogP contribution in [0.3, 0.4) is 0 Å². The molecule has 2 nitrogen and oxygen atoms in total. The third-order valence-corrected chi connectivity index (χ3v) is 3.49. The zero-order valence-electron chi connectivity index (χ0n) is 10.6. The van der Waals surface area contributed by atoms with E-state index in [0.717, 1.165) is 19.3 Å². The average molecular weight is 214 g/mol. The van der Waals surface area contributed by atoms with E-state index in [1.54, 1.807) is 0 Å². The number of rotatable bonds is 4. The maximum absolute atomic E-state index is 10.4. The van der Waals surface area contributed by atoms with Gasteiger partial charge in [-0.25, -0.2) is 0 Å². The van der Waals surface area contributed by atoms with Crippen molar-refractivity contribution >= 4 is 0 Å². The summed E-state index contributed by atoms with van der Waals surface area (Å²) < 4.78 is 5.56. The summed E-state index contributed by atoms with van der Waals surface area (Å²) in [6.45, 7) is 9.05. The minimum atomic E-state index is -0.558. The highest BCUT2D eigenvalue weighted by molar-refractivity contribution is 4.87. The number of hydrogen-bond acceptors (Lipinski definition) is 2. The highest BCUT2D eigenvalue weighted by Crippen LogP contribution is 2.36. The first-order chi connectivity index (χ1) is 6.93. The topological polar surface area (TPSA) is 29.5 Å². The van der Waals surface area contributed by atoms with E-state index in [4.69, 9.17) is 4.74 Å². The van der Waals surface area contributed by atoms with Gasteiger partial charge in [0.15, 0.2) is 0 Å². The predicted octanol–water partition coefficient (Wildman–Crippen LogP) is 2.99. The van der Waals surface area contributed by atoms with Crippen molar-refractivity contribution in [2.45, 2.75) is 65.1 Å². The molecule has 1 rings (SSSR count). The van der Waals surface area contributed by atoms with Crippen LogP contribution in [-0.2, 0) is 4.74 Å². The Bertz CT molecular complexity index is 189. The molecule has 15 heavy (non-hydrogen) atoms. The largest absolute Gasteiger partial charge is 0.387 e. The zero-order valence-corrected chi connectivity index (χ0v) is 10.6. The maximum atomic E-state index is 10.4. The molecule has 0 aliphatic heterocycles. The lowest BCUT2D eigenvalue weighted by atomic mass is 9.74. The monoisotopic (exact) mass is 214 g/mol. The molecular formula is C13H26O2. The molecule has 0 amide bonds. The van der Waals surface area contributed by atoms with E-state index in [-0.39, 0.29) is 6.10 Å². The quantitative estimate of drug-likeness (QED) is 0.779. The second-order valence-electron chi connectivity index (χ2n) is 5.68. The molecule has 0 saturated heterocycles. The standard InChI is InChI=1S/C13H26O2/c1-10(2)12-6-5-7-13(14,8-12)9-15-11(3)4/h10-12,14H,5-9H2,1-4H3. The molecular weight excluding hydrogens is 188 g/mol. The van der Waals surface area contributed by atoms with Gasteiger partial charge >= 0.3 is 0 Å². The van der Waals surface area contributed by atoms with E-state index >= 15 is 0 Å². The van der Waals surface area contributed by atoms with Gasteiger partial charge in [-0.05, 0) is 44.9 Å². The SMILES string of the molecule is CC(C)OCC1(O)CCCC(C(C)C)C1. The molecule has 0 bridgehead atoms. The Morgan fingerprint density at radius 2 is 2.00 bits per heavy atom. The molecule has 0 spiro atoms. The summed E-state index contributed by atoms with van der Waals surface area (Å²) in [6, 6.07) is 0. The molecule has 0 heterocycles. The summed E-state index contributed by atoms with van der Waals surface area (Å²) in [5.74, 6) is 1.34. The molecule has 0 aromatic rings. The van der Waals surface area contributed by atoms with E-state index < -0.39 is 5.60 Å².